The molecule has 1 amide bonds. The first-order valence-corrected chi connectivity index (χ1v) is 8.03. The Morgan fingerprint density at radius 1 is 1.38 bits per heavy atom. The molecule has 2 aromatic heterocycles. The first-order chi connectivity index (χ1) is 10.3. The van der Waals surface area contributed by atoms with Gasteiger partial charge in [-0.25, -0.2) is 9.97 Å². The zero-order valence-corrected chi connectivity index (χ0v) is 12.6. The largest absolute Gasteiger partial charge is 0.356 e. The highest BCUT2D eigenvalue weighted by atomic mass is 32.1. The molecule has 0 unspecified atom stereocenters. The fourth-order valence-electron chi connectivity index (χ4n) is 2.59. The number of amides is 1. The molecule has 0 spiro atoms. The molecular weight excluding hydrogens is 284 g/mol. The predicted molar refractivity (Wildman–Crippen MR) is 83.1 cm³/mol. The summed E-state index contributed by atoms with van der Waals surface area (Å²) in [5.74, 6) is 1.10. The molecule has 3 heterocycles. The van der Waals surface area contributed by atoms with Gasteiger partial charge in [0, 0.05) is 30.9 Å². The number of aromatic nitrogens is 2. The highest BCUT2D eigenvalue weighted by Gasteiger charge is 2.26. The van der Waals surface area contributed by atoms with Gasteiger partial charge in [-0.2, -0.15) is 0 Å². The molecule has 0 saturated carbocycles. The Bertz CT molecular complexity index is 573. The number of carbonyl (C=O) groups is 1. The van der Waals surface area contributed by atoms with Crippen LogP contribution in [0.2, 0.25) is 0 Å². The smallest absolute Gasteiger partial charge is 0.225 e. The molecule has 0 aliphatic carbocycles. The SMILES string of the molecule is O=C(NCc1nccs1)[C@H]1CCCN(c2ccccn2)C1. The molecule has 1 atom stereocenters. The van der Waals surface area contributed by atoms with Crippen LogP contribution in [-0.2, 0) is 11.3 Å². The van der Waals surface area contributed by atoms with Crippen LogP contribution in [0.4, 0.5) is 5.82 Å². The van der Waals surface area contributed by atoms with Crippen molar-refractivity contribution >= 4 is 23.1 Å². The molecule has 1 N–H and O–H groups in total. The van der Waals surface area contributed by atoms with Crippen molar-refractivity contribution in [2.45, 2.75) is 19.4 Å². The molecule has 5 nitrogen and oxygen atoms in total. The van der Waals surface area contributed by atoms with Gasteiger partial charge in [0.05, 0.1) is 12.5 Å². The Morgan fingerprint density at radius 3 is 3.10 bits per heavy atom. The molecule has 0 aromatic carbocycles. The standard InChI is InChI=1S/C15H18N4OS/c20-15(18-10-14-17-7-9-21-14)12-4-3-8-19(11-12)13-5-1-2-6-16-13/h1-2,5-7,9,12H,3-4,8,10-11H2,(H,18,20)/t12-/m0/s1. The van der Waals surface area contributed by atoms with Gasteiger partial charge in [-0.3, -0.25) is 4.79 Å². The molecule has 1 fully saturated rings. The summed E-state index contributed by atoms with van der Waals surface area (Å²) in [5, 5.41) is 5.86. The minimum Gasteiger partial charge on any atom is -0.356 e. The summed E-state index contributed by atoms with van der Waals surface area (Å²) in [6.45, 7) is 2.23. The maximum Gasteiger partial charge on any atom is 0.225 e. The molecule has 0 radical (unpaired) electrons. The lowest BCUT2D eigenvalue weighted by Crippen LogP contribution is -2.43. The average Bonchev–Trinajstić information content (AvgIpc) is 3.07. The Balaban J connectivity index is 1.56. The molecule has 0 bridgehead atoms. The maximum atomic E-state index is 12.3. The van der Waals surface area contributed by atoms with Crippen molar-refractivity contribution in [1.29, 1.82) is 0 Å². The van der Waals surface area contributed by atoms with E-state index in [0.29, 0.717) is 6.54 Å². The summed E-state index contributed by atoms with van der Waals surface area (Å²) in [5.41, 5.74) is 0. The van der Waals surface area contributed by atoms with E-state index in [-0.39, 0.29) is 11.8 Å². The van der Waals surface area contributed by atoms with E-state index in [1.54, 1.807) is 23.7 Å². The van der Waals surface area contributed by atoms with E-state index < -0.39 is 0 Å². The Morgan fingerprint density at radius 2 is 2.33 bits per heavy atom. The monoisotopic (exact) mass is 302 g/mol. The first-order valence-electron chi connectivity index (χ1n) is 7.15. The quantitative estimate of drug-likeness (QED) is 0.939. The molecule has 2 aromatic rings. The predicted octanol–water partition coefficient (Wildman–Crippen LogP) is 2.07. The zero-order valence-electron chi connectivity index (χ0n) is 11.7. The van der Waals surface area contributed by atoms with Crippen molar-refractivity contribution in [2.75, 3.05) is 18.0 Å². The number of carbonyl (C=O) groups excluding carboxylic acids is 1. The summed E-state index contributed by atoms with van der Waals surface area (Å²) >= 11 is 1.56. The van der Waals surface area contributed by atoms with Crippen LogP contribution in [0, 0.1) is 5.92 Å². The Labute approximate surface area is 128 Å². The first kappa shape index (κ1) is 14.0. The number of anilines is 1. The summed E-state index contributed by atoms with van der Waals surface area (Å²) < 4.78 is 0. The highest BCUT2D eigenvalue weighted by molar-refractivity contribution is 7.09. The minimum atomic E-state index is 0.0284. The van der Waals surface area contributed by atoms with Crippen LogP contribution in [-0.4, -0.2) is 29.0 Å². The molecule has 1 saturated heterocycles. The van der Waals surface area contributed by atoms with Crippen LogP contribution < -0.4 is 10.2 Å². The van der Waals surface area contributed by atoms with E-state index in [0.717, 1.165) is 36.8 Å². The molecule has 1 aliphatic rings. The highest BCUT2D eigenvalue weighted by Crippen LogP contribution is 2.21. The zero-order chi connectivity index (χ0) is 14.5. The van der Waals surface area contributed by atoms with E-state index in [1.165, 1.54) is 0 Å². The van der Waals surface area contributed by atoms with Crippen molar-refractivity contribution in [2.24, 2.45) is 5.92 Å². The van der Waals surface area contributed by atoms with Crippen molar-refractivity contribution < 1.29 is 4.79 Å². The van der Waals surface area contributed by atoms with Crippen LogP contribution in [0.25, 0.3) is 0 Å². The molecule has 110 valence electrons. The van der Waals surface area contributed by atoms with Crippen molar-refractivity contribution in [1.82, 2.24) is 15.3 Å². The summed E-state index contributed by atoms with van der Waals surface area (Å²) in [4.78, 5) is 23.0. The van der Waals surface area contributed by atoms with Crippen LogP contribution in [0.5, 0.6) is 0 Å². The van der Waals surface area contributed by atoms with Gasteiger partial charge >= 0.3 is 0 Å². The van der Waals surface area contributed by atoms with E-state index >= 15 is 0 Å². The van der Waals surface area contributed by atoms with Gasteiger partial charge in [-0.1, -0.05) is 6.07 Å². The second-order valence-corrected chi connectivity index (χ2v) is 6.10. The van der Waals surface area contributed by atoms with Crippen LogP contribution in [0.3, 0.4) is 0 Å². The third-order valence-corrected chi connectivity index (χ3v) is 4.44. The summed E-state index contributed by atoms with van der Waals surface area (Å²) in [6, 6.07) is 5.88. The van der Waals surface area contributed by atoms with E-state index in [1.807, 2.05) is 23.6 Å². The minimum absolute atomic E-state index is 0.0284. The van der Waals surface area contributed by atoms with Gasteiger partial charge in [0.2, 0.25) is 5.91 Å². The third kappa shape index (κ3) is 3.58. The number of thiazole rings is 1. The summed E-state index contributed by atoms with van der Waals surface area (Å²) in [6.07, 6.45) is 5.51. The van der Waals surface area contributed by atoms with E-state index in [2.05, 4.69) is 20.2 Å². The number of rotatable bonds is 4. The number of hydrogen-bond acceptors (Lipinski definition) is 5. The second-order valence-electron chi connectivity index (χ2n) is 5.12. The lowest BCUT2D eigenvalue weighted by Gasteiger charge is -2.32. The lowest BCUT2D eigenvalue weighted by atomic mass is 9.97. The Kier molecular flexibility index (Phi) is 4.45. The molecule has 6 heteroatoms. The van der Waals surface area contributed by atoms with Crippen molar-refractivity contribution in [3.05, 3.63) is 41.0 Å². The van der Waals surface area contributed by atoms with Crippen LogP contribution in [0.15, 0.2) is 36.0 Å². The second kappa shape index (κ2) is 6.67. The molecule has 1 aliphatic heterocycles. The van der Waals surface area contributed by atoms with Gasteiger partial charge < -0.3 is 10.2 Å². The molecule has 21 heavy (non-hydrogen) atoms. The maximum absolute atomic E-state index is 12.3. The van der Waals surface area contributed by atoms with Crippen LogP contribution in [0.1, 0.15) is 17.8 Å². The number of nitrogens with one attached hydrogen (secondary N) is 1. The van der Waals surface area contributed by atoms with Gasteiger partial charge in [-0.15, -0.1) is 11.3 Å². The number of piperidine rings is 1. The topological polar surface area (TPSA) is 58.1 Å². The van der Waals surface area contributed by atoms with Gasteiger partial charge in [0.25, 0.3) is 0 Å². The Hall–Kier alpha value is -1.95. The molecule has 3 rings (SSSR count). The number of pyridine rings is 1. The van der Waals surface area contributed by atoms with Crippen molar-refractivity contribution in [3.63, 3.8) is 0 Å². The summed E-state index contributed by atoms with van der Waals surface area (Å²) in [7, 11) is 0. The van der Waals surface area contributed by atoms with E-state index in [4.69, 9.17) is 0 Å². The fraction of sp³-hybridized carbons (Fsp3) is 0.400. The fourth-order valence-corrected chi connectivity index (χ4v) is 3.14. The van der Waals surface area contributed by atoms with E-state index in [9.17, 15) is 4.79 Å². The van der Waals surface area contributed by atoms with Gasteiger partial charge in [-0.05, 0) is 25.0 Å². The van der Waals surface area contributed by atoms with Gasteiger partial charge in [0.1, 0.15) is 10.8 Å². The molecular formula is C15H18N4OS. The van der Waals surface area contributed by atoms with Crippen molar-refractivity contribution in [3.8, 4) is 0 Å². The number of hydrogen-bond donors (Lipinski definition) is 1. The lowest BCUT2D eigenvalue weighted by molar-refractivity contribution is -0.125. The number of nitrogens with zero attached hydrogens (tertiary/aromatic N) is 3. The average molecular weight is 302 g/mol. The van der Waals surface area contributed by atoms with Crippen LogP contribution >= 0.6 is 11.3 Å². The third-order valence-electron chi connectivity index (χ3n) is 3.66. The normalized spacial score (nSPS) is 18.5. The van der Waals surface area contributed by atoms with Gasteiger partial charge in [0.15, 0.2) is 0 Å².